The van der Waals surface area contributed by atoms with E-state index in [-0.39, 0.29) is 0 Å². The summed E-state index contributed by atoms with van der Waals surface area (Å²) in [6.45, 7) is 4.15. The third kappa shape index (κ3) is 3.46. The lowest BCUT2D eigenvalue weighted by atomic mass is 10.1. The third-order valence-corrected chi connectivity index (χ3v) is 3.41. The van der Waals surface area contributed by atoms with Gasteiger partial charge in [-0.25, -0.2) is 10.6 Å². The van der Waals surface area contributed by atoms with Crippen LogP contribution >= 0.6 is 0 Å². The summed E-state index contributed by atoms with van der Waals surface area (Å²) in [5.74, 6) is 6.52. The molecule has 1 unspecified atom stereocenters. The lowest BCUT2D eigenvalue weighted by Crippen LogP contribution is -2.12. The van der Waals surface area contributed by atoms with E-state index in [0.717, 1.165) is 5.69 Å². The molecule has 7 nitrogen and oxygen atoms in total. The van der Waals surface area contributed by atoms with Crippen LogP contribution < -0.4 is 5.90 Å². The van der Waals surface area contributed by atoms with Gasteiger partial charge in [-0.05, 0) is 30.5 Å². The van der Waals surface area contributed by atoms with Crippen LogP contribution in [0.25, 0.3) is 17.2 Å². The lowest BCUT2D eigenvalue weighted by Gasteiger charge is -2.11. The summed E-state index contributed by atoms with van der Waals surface area (Å²) in [5.41, 5.74) is 1.59. The van der Waals surface area contributed by atoms with Crippen LogP contribution in [-0.2, 0) is 4.84 Å². The van der Waals surface area contributed by atoms with E-state index >= 15 is 0 Å². The topological polar surface area (TPSA) is 92.0 Å². The van der Waals surface area contributed by atoms with Gasteiger partial charge in [-0.15, -0.1) is 0 Å². The monoisotopic (exact) mass is 313 g/mol. The van der Waals surface area contributed by atoms with Crippen molar-refractivity contribution >= 4 is 0 Å². The summed E-state index contributed by atoms with van der Waals surface area (Å²) in [4.78, 5) is 9.30. The number of nitrogens with two attached hydrogens (primary N) is 1. The Hall–Kier alpha value is -2.51. The Morgan fingerprint density at radius 3 is 2.70 bits per heavy atom. The second-order valence-electron chi connectivity index (χ2n) is 5.69. The van der Waals surface area contributed by atoms with Crippen molar-refractivity contribution in [2.75, 3.05) is 0 Å². The molecule has 0 aliphatic carbocycles. The van der Waals surface area contributed by atoms with Crippen molar-refractivity contribution in [3.63, 3.8) is 0 Å². The van der Waals surface area contributed by atoms with Crippen LogP contribution in [-0.4, -0.2) is 19.9 Å². The fourth-order valence-electron chi connectivity index (χ4n) is 2.28. The highest BCUT2D eigenvalue weighted by Gasteiger charge is 2.22. The molecule has 7 heteroatoms. The van der Waals surface area contributed by atoms with Gasteiger partial charge in [0.15, 0.2) is 6.10 Å². The van der Waals surface area contributed by atoms with E-state index in [9.17, 15) is 0 Å². The highest BCUT2D eigenvalue weighted by Crippen LogP contribution is 2.24. The zero-order chi connectivity index (χ0) is 16.2. The second kappa shape index (κ2) is 6.72. The number of rotatable bonds is 6. The Morgan fingerprint density at radius 1 is 1.22 bits per heavy atom. The number of benzene rings is 1. The van der Waals surface area contributed by atoms with Crippen molar-refractivity contribution in [2.24, 2.45) is 11.8 Å². The van der Waals surface area contributed by atoms with Crippen LogP contribution in [0.4, 0.5) is 0 Å². The van der Waals surface area contributed by atoms with E-state index in [4.69, 9.17) is 15.3 Å². The summed E-state index contributed by atoms with van der Waals surface area (Å²) >= 11 is 0. The van der Waals surface area contributed by atoms with Crippen molar-refractivity contribution in [1.82, 2.24) is 19.9 Å². The summed E-state index contributed by atoms with van der Waals surface area (Å²) in [7, 11) is 0. The first-order valence-electron chi connectivity index (χ1n) is 7.48. The van der Waals surface area contributed by atoms with Gasteiger partial charge in [0, 0.05) is 6.20 Å². The molecule has 0 radical (unpaired) electrons. The molecule has 0 fully saturated rings. The molecule has 2 aromatic heterocycles. The standard InChI is InChI=1S/C16H19N5O2/c1-11(2)10-14(22-17)16-18-15(20-23-16)13-8-9-21(19-13)12-6-4-3-5-7-12/h3-9,11,14H,10,17H2,1-2H3. The summed E-state index contributed by atoms with van der Waals surface area (Å²) < 4.78 is 7.03. The first-order valence-corrected chi connectivity index (χ1v) is 7.48. The van der Waals surface area contributed by atoms with Crippen molar-refractivity contribution in [2.45, 2.75) is 26.4 Å². The highest BCUT2D eigenvalue weighted by molar-refractivity contribution is 5.48. The quantitative estimate of drug-likeness (QED) is 0.703. The minimum Gasteiger partial charge on any atom is -0.336 e. The minimum atomic E-state index is -0.410. The predicted molar refractivity (Wildman–Crippen MR) is 84.3 cm³/mol. The molecule has 1 aromatic carbocycles. The maximum atomic E-state index is 5.33. The first-order chi connectivity index (χ1) is 11.2. The molecule has 0 spiro atoms. The number of aromatic nitrogens is 4. The molecule has 0 aliphatic rings. The van der Waals surface area contributed by atoms with Gasteiger partial charge in [-0.2, -0.15) is 10.1 Å². The van der Waals surface area contributed by atoms with Gasteiger partial charge in [0.1, 0.15) is 5.69 Å². The van der Waals surface area contributed by atoms with E-state index in [2.05, 4.69) is 29.1 Å². The maximum Gasteiger partial charge on any atom is 0.258 e. The fraction of sp³-hybridized carbons (Fsp3) is 0.312. The van der Waals surface area contributed by atoms with Crippen LogP contribution in [0.5, 0.6) is 0 Å². The maximum absolute atomic E-state index is 5.33. The average molecular weight is 313 g/mol. The SMILES string of the molecule is CC(C)CC(ON)c1nc(-c2ccn(-c3ccccc3)n2)no1. The molecule has 2 heterocycles. The normalized spacial score (nSPS) is 12.7. The predicted octanol–water partition coefficient (Wildman–Crippen LogP) is 2.90. The minimum absolute atomic E-state index is 0.366. The van der Waals surface area contributed by atoms with Crippen molar-refractivity contribution in [1.29, 1.82) is 0 Å². The van der Waals surface area contributed by atoms with Crippen molar-refractivity contribution < 1.29 is 9.36 Å². The third-order valence-electron chi connectivity index (χ3n) is 3.41. The molecule has 0 saturated heterocycles. The van der Waals surface area contributed by atoms with E-state index < -0.39 is 6.10 Å². The van der Waals surface area contributed by atoms with Crippen LogP contribution in [0.1, 0.15) is 32.3 Å². The molecular weight excluding hydrogens is 294 g/mol. The zero-order valence-corrected chi connectivity index (χ0v) is 13.1. The van der Waals surface area contributed by atoms with E-state index in [1.54, 1.807) is 4.68 Å². The lowest BCUT2D eigenvalue weighted by molar-refractivity contribution is 0.0156. The summed E-state index contributed by atoms with van der Waals surface area (Å²) in [6.07, 6.45) is 2.15. The number of para-hydroxylation sites is 1. The summed E-state index contributed by atoms with van der Waals surface area (Å²) in [6, 6.07) is 11.7. The van der Waals surface area contributed by atoms with Crippen molar-refractivity contribution in [3.8, 4) is 17.2 Å². The zero-order valence-electron chi connectivity index (χ0n) is 13.1. The summed E-state index contributed by atoms with van der Waals surface area (Å²) in [5, 5.41) is 8.44. The molecule has 0 amide bonds. The van der Waals surface area contributed by atoms with Gasteiger partial charge < -0.3 is 4.52 Å². The Labute approximate surface area is 134 Å². The van der Waals surface area contributed by atoms with Gasteiger partial charge in [0.05, 0.1) is 5.69 Å². The molecular formula is C16H19N5O2. The second-order valence-corrected chi connectivity index (χ2v) is 5.69. The van der Waals surface area contributed by atoms with Gasteiger partial charge in [0.25, 0.3) is 5.89 Å². The van der Waals surface area contributed by atoms with E-state index in [0.29, 0.717) is 29.7 Å². The molecule has 0 bridgehead atoms. The number of hydrogen-bond donors (Lipinski definition) is 1. The molecule has 0 saturated carbocycles. The molecule has 1 atom stereocenters. The smallest absolute Gasteiger partial charge is 0.258 e. The van der Waals surface area contributed by atoms with Gasteiger partial charge in [-0.1, -0.05) is 37.2 Å². The van der Waals surface area contributed by atoms with E-state index in [1.807, 2.05) is 42.6 Å². The molecule has 23 heavy (non-hydrogen) atoms. The number of hydrogen-bond acceptors (Lipinski definition) is 6. The average Bonchev–Trinajstić information content (AvgIpc) is 3.22. The Balaban J connectivity index is 1.82. The fourth-order valence-corrected chi connectivity index (χ4v) is 2.28. The molecule has 3 rings (SSSR count). The molecule has 2 N–H and O–H groups in total. The van der Waals surface area contributed by atoms with Crippen LogP contribution in [0, 0.1) is 5.92 Å². The van der Waals surface area contributed by atoms with Gasteiger partial charge in [-0.3, -0.25) is 4.84 Å². The first kappa shape index (κ1) is 15.4. The van der Waals surface area contributed by atoms with Crippen LogP contribution in [0.3, 0.4) is 0 Å². The van der Waals surface area contributed by atoms with Gasteiger partial charge in [0.2, 0.25) is 5.82 Å². The Kier molecular flexibility index (Phi) is 4.50. The molecule has 3 aromatic rings. The Morgan fingerprint density at radius 2 is 2.00 bits per heavy atom. The number of nitrogens with zero attached hydrogens (tertiary/aromatic N) is 4. The molecule has 120 valence electrons. The van der Waals surface area contributed by atoms with Crippen LogP contribution in [0.15, 0.2) is 47.1 Å². The van der Waals surface area contributed by atoms with Gasteiger partial charge >= 0.3 is 0 Å². The van der Waals surface area contributed by atoms with Crippen molar-refractivity contribution in [3.05, 3.63) is 48.5 Å². The van der Waals surface area contributed by atoms with E-state index in [1.165, 1.54) is 0 Å². The molecule has 0 aliphatic heterocycles. The highest BCUT2D eigenvalue weighted by atomic mass is 16.6. The largest absolute Gasteiger partial charge is 0.336 e. The van der Waals surface area contributed by atoms with Crippen LogP contribution in [0.2, 0.25) is 0 Å². The Bertz CT molecular complexity index is 751.